The zero-order valence-electron chi connectivity index (χ0n) is 6.67. The molecule has 2 atom stereocenters. The summed E-state index contributed by atoms with van der Waals surface area (Å²) in [5.74, 6) is -3.69. The summed E-state index contributed by atoms with van der Waals surface area (Å²) >= 11 is 0. The third kappa shape index (κ3) is 2.95. The first-order valence-corrected chi connectivity index (χ1v) is 3.67. The van der Waals surface area contributed by atoms with Gasteiger partial charge in [-0.2, -0.15) is 0 Å². The molecule has 0 bridgehead atoms. The summed E-state index contributed by atoms with van der Waals surface area (Å²) in [5.41, 5.74) is 0. The number of rotatable bonds is 5. The zero-order valence-corrected chi connectivity index (χ0v) is 6.67. The Morgan fingerprint density at radius 3 is 2.08 bits per heavy atom. The fourth-order valence-electron chi connectivity index (χ4n) is 0.710. The summed E-state index contributed by atoms with van der Waals surface area (Å²) < 4.78 is 61.1. The molecule has 0 aliphatic heterocycles. The Bertz CT molecular complexity index is 125. The van der Waals surface area contributed by atoms with Gasteiger partial charge in [-0.05, 0) is 0 Å². The van der Waals surface area contributed by atoms with E-state index in [4.69, 9.17) is 0 Å². The van der Waals surface area contributed by atoms with E-state index in [0.717, 1.165) is 6.92 Å². The van der Waals surface area contributed by atoms with E-state index in [1.807, 2.05) is 0 Å². The molecule has 0 nitrogen and oxygen atoms in total. The van der Waals surface area contributed by atoms with Gasteiger partial charge in [-0.3, -0.25) is 4.39 Å². The van der Waals surface area contributed by atoms with Crippen molar-refractivity contribution in [3.8, 4) is 0 Å². The van der Waals surface area contributed by atoms with E-state index in [0.29, 0.717) is 0 Å². The Kier molecular flexibility index (Phi) is 4.49. The average Bonchev–Trinajstić information content (AvgIpc) is 2.03. The van der Waals surface area contributed by atoms with Crippen molar-refractivity contribution < 1.29 is 22.0 Å². The van der Waals surface area contributed by atoms with E-state index in [9.17, 15) is 22.0 Å². The Labute approximate surface area is 67.8 Å². The molecule has 0 radical (unpaired) electrons. The predicted octanol–water partition coefficient (Wildman–Crippen LogP) is 3.07. The molecular formula is C7H11F5. The maximum Gasteiger partial charge on any atom is 0.281 e. The molecule has 74 valence electrons. The van der Waals surface area contributed by atoms with Gasteiger partial charge in [-0.15, -0.1) is 0 Å². The highest BCUT2D eigenvalue weighted by Crippen LogP contribution is 2.29. The van der Waals surface area contributed by atoms with Gasteiger partial charge in [0, 0.05) is 12.8 Å². The molecule has 0 aromatic carbocycles. The zero-order chi connectivity index (χ0) is 9.78. The molecule has 12 heavy (non-hydrogen) atoms. The average molecular weight is 190 g/mol. The summed E-state index contributed by atoms with van der Waals surface area (Å²) in [5, 5.41) is 0. The highest BCUT2D eigenvalue weighted by Gasteiger charge is 2.43. The Morgan fingerprint density at radius 2 is 1.75 bits per heavy atom. The van der Waals surface area contributed by atoms with Crippen LogP contribution < -0.4 is 0 Å². The van der Waals surface area contributed by atoms with Crippen LogP contribution in [-0.4, -0.2) is 24.9 Å². The first-order valence-electron chi connectivity index (χ1n) is 3.67. The van der Waals surface area contributed by atoms with E-state index in [-0.39, 0.29) is 0 Å². The van der Waals surface area contributed by atoms with Crippen LogP contribution >= 0.6 is 0 Å². The van der Waals surface area contributed by atoms with Crippen molar-refractivity contribution in [3.63, 3.8) is 0 Å². The minimum absolute atomic E-state index is 0.777. The van der Waals surface area contributed by atoms with Gasteiger partial charge in [0.15, 0.2) is 6.17 Å². The van der Waals surface area contributed by atoms with Gasteiger partial charge in [0.2, 0.25) is 0 Å². The fraction of sp³-hybridized carbons (Fsp3) is 1.00. The summed E-state index contributed by atoms with van der Waals surface area (Å²) in [6.45, 7) is -0.0733. The van der Waals surface area contributed by atoms with Crippen LogP contribution in [0.2, 0.25) is 0 Å². The van der Waals surface area contributed by atoms with E-state index in [1.54, 1.807) is 0 Å². The normalized spacial score (nSPS) is 17.5. The predicted molar refractivity (Wildman–Crippen MR) is 35.6 cm³/mol. The summed E-state index contributed by atoms with van der Waals surface area (Å²) in [6, 6.07) is 0. The van der Waals surface area contributed by atoms with E-state index in [2.05, 4.69) is 0 Å². The topological polar surface area (TPSA) is 0 Å². The maximum atomic E-state index is 12.5. The van der Waals surface area contributed by atoms with E-state index < -0.39 is 37.8 Å². The third-order valence-electron chi connectivity index (χ3n) is 1.58. The molecule has 5 heteroatoms. The summed E-state index contributed by atoms with van der Waals surface area (Å²) in [4.78, 5) is 0. The molecule has 0 amide bonds. The van der Waals surface area contributed by atoms with Crippen LogP contribution in [-0.2, 0) is 0 Å². The van der Waals surface area contributed by atoms with Crippen LogP contribution in [0.1, 0.15) is 19.8 Å². The Balaban J connectivity index is 4.07. The van der Waals surface area contributed by atoms with Crippen molar-refractivity contribution in [2.75, 3.05) is 6.67 Å². The van der Waals surface area contributed by atoms with Gasteiger partial charge in [-0.1, -0.05) is 6.92 Å². The van der Waals surface area contributed by atoms with Gasteiger partial charge in [0.1, 0.15) is 6.17 Å². The van der Waals surface area contributed by atoms with Crippen LogP contribution in [0, 0.1) is 0 Å². The van der Waals surface area contributed by atoms with E-state index >= 15 is 0 Å². The number of alkyl halides is 5. The molecule has 0 saturated heterocycles. The first-order chi connectivity index (χ1) is 5.45. The van der Waals surface area contributed by atoms with Crippen molar-refractivity contribution in [3.05, 3.63) is 0 Å². The summed E-state index contributed by atoms with van der Waals surface area (Å²) in [7, 11) is 0. The first kappa shape index (κ1) is 11.6. The van der Waals surface area contributed by atoms with Crippen LogP contribution in [0.4, 0.5) is 22.0 Å². The van der Waals surface area contributed by atoms with Crippen LogP contribution in [0.3, 0.4) is 0 Å². The third-order valence-corrected chi connectivity index (χ3v) is 1.58. The molecule has 0 saturated carbocycles. The second kappa shape index (κ2) is 4.62. The number of hydrogen-bond acceptors (Lipinski definition) is 0. The minimum atomic E-state index is -3.69. The molecular weight excluding hydrogens is 179 g/mol. The molecule has 1 unspecified atom stereocenters. The lowest BCUT2D eigenvalue weighted by molar-refractivity contribution is -0.103. The number of hydrogen-bond donors (Lipinski definition) is 0. The lowest BCUT2D eigenvalue weighted by Gasteiger charge is -2.21. The second-order valence-electron chi connectivity index (χ2n) is 2.51. The highest BCUT2D eigenvalue weighted by atomic mass is 19.3. The molecule has 0 N–H and O–H groups in total. The van der Waals surface area contributed by atoms with Crippen LogP contribution in [0.25, 0.3) is 0 Å². The Hall–Kier alpha value is -0.350. The van der Waals surface area contributed by atoms with Crippen molar-refractivity contribution in [1.82, 2.24) is 0 Å². The SMILES string of the molecule is CCC(F)(F)[C@@H](F)C(F)CCF. The van der Waals surface area contributed by atoms with E-state index in [1.165, 1.54) is 0 Å². The molecule has 0 aliphatic rings. The van der Waals surface area contributed by atoms with Gasteiger partial charge >= 0.3 is 0 Å². The standard InChI is InChI=1S/C7H11F5/c1-2-7(11,12)6(10)5(9)3-4-8/h5-6H,2-4H2,1H3/t5?,6-/m0/s1. The minimum Gasteiger partial charge on any atom is -0.251 e. The van der Waals surface area contributed by atoms with Gasteiger partial charge in [-0.25, -0.2) is 17.6 Å². The van der Waals surface area contributed by atoms with Crippen LogP contribution in [0.15, 0.2) is 0 Å². The van der Waals surface area contributed by atoms with Gasteiger partial charge in [0.05, 0.1) is 6.67 Å². The van der Waals surface area contributed by atoms with Crippen molar-refractivity contribution in [1.29, 1.82) is 0 Å². The monoisotopic (exact) mass is 190 g/mol. The largest absolute Gasteiger partial charge is 0.281 e. The molecule has 0 fully saturated rings. The molecule has 0 aromatic heterocycles. The fourth-order valence-corrected chi connectivity index (χ4v) is 0.710. The second-order valence-corrected chi connectivity index (χ2v) is 2.51. The Morgan fingerprint density at radius 1 is 1.25 bits per heavy atom. The lowest BCUT2D eigenvalue weighted by atomic mass is 10.1. The molecule has 0 aliphatic carbocycles. The van der Waals surface area contributed by atoms with Crippen molar-refractivity contribution in [2.24, 2.45) is 0 Å². The van der Waals surface area contributed by atoms with Crippen molar-refractivity contribution in [2.45, 2.75) is 38.0 Å². The smallest absolute Gasteiger partial charge is 0.251 e. The molecule has 0 heterocycles. The van der Waals surface area contributed by atoms with Crippen LogP contribution in [0.5, 0.6) is 0 Å². The lowest BCUT2D eigenvalue weighted by Crippen LogP contribution is -2.37. The van der Waals surface area contributed by atoms with Crippen molar-refractivity contribution >= 4 is 0 Å². The molecule has 0 spiro atoms. The maximum absolute atomic E-state index is 12.5. The van der Waals surface area contributed by atoms with Gasteiger partial charge < -0.3 is 0 Å². The number of halogens is 5. The quantitative estimate of drug-likeness (QED) is 0.584. The summed E-state index contributed by atoms with van der Waals surface area (Å²) in [6.07, 6.45) is -6.89. The van der Waals surface area contributed by atoms with Gasteiger partial charge in [0.25, 0.3) is 5.92 Å². The highest BCUT2D eigenvalue weighted by molar-refractivity contribution is 4.81. The molecule has 0 aromatic rings. The molecule has 0 rings (SSSR count).